The topological polar surface area (TPSA) is 84.5 Å². The average molecular weight is 394 g/mol. The van der Waals surface area contributed by atoms with Crippen molar-refractivity contribution < 1.29 is 32.3 Å². The van der Waals surface area contributed by atoms with Crippen molar-refractivity contribution in [2.24, 2.45) is 0 Å². The van der Waals surface area contributed by atoms with Crippen LogP contribution in [0.1, 0.15) is 19.4 Å². The average Bonchev–Trinajstić information content (AvgIpc) is 2.63. The summed E-state index contributed by atoms with van der Waals surface area (Å²) in [5, 5.41) is 4.61. The minimum atomic E-state index is -1.72. The Bertz CT molecular complexity index is 901. The van der Waals surface area contributed by atoms with Crippen LogP contribution >= 0.6 is 0 Å². The largest absolute Gasteiger partial charge is 0.452 e. The maximum atomic E-state index is 13.6. The zero-order valence-electron chi connectivity index (χ0n) is 15.0. The van der Waals surface area contributed by atoms with Crippen LogP contribution in [0.3, 0.4) is 0 Å². The van der Waals surface area contributed by atoms with Gasteiger partial charge < -0.3 is 15.4 Å². The Balaban J connectivity index is 1.92. The van der Waals surface area contributed by atoms with Crippen LogP contribution in [0.4, 0.5) is 24.5 Å². The van der Waals surface area contributed by atoms with Gasteiger partial charge in [-0.25, -0.2) is 13.2 Å². The molecule has 0 aliphatic rings. The second kappa shape index (κ2) is 9.03. The predicted octanol–water partition coefficient (Wildman–Crippen LogP) is 3.18. The first-order valence-corrected chi connectivity index (χ1v) is 8.17. The van der Waals surface area contributed by atoms with Gasteiger partial charge in [-0.3, -0.25) is 14.4 Å². The van der Waals surface area contributed by atoms with E-state index in [-0.39, 0.29) is 12.3 Å². The van der Waals surface area contributed by atoms with Gasteiger partial charge in [0.1, 0.15) is 0 Å². The number of esters is 1. The van der Waals surface area contributed by atoms with Crippen LogP contribution in [0.25, 0.3) is 0 Å². The summed E-state index contributed by atoms with van der Waals surface area (Å²) < 4.78 is 44.6. The van der Waals surface area contributed by atoms with Gasteiger partial charge in [0.2, 0.25) is 5.91 Å². The van der Waals surface area contributed by atoms with E-state index >= 15 is 0 Å². The summed E-state index contributed by atoms with van der Waals surface area (Å²) in [5.74, 6) is -6.51. The molecule has 2 aromatic rings. The molecule has 2 amide bonds. The lowest BCUT2D eigenvalue weighted by molar-refractivity contribution is -0.152. The Morgan fingerprint density at radius 2 is 1.61 bits per heavy atom. The number of benzene rings is 2. The summed E-state index contributed by atoms with van der Waals surface area (Å²) in [4.78, 5) is 34.9. The van der Waals surface area contributed by atoms with Gasteiger partial charge in [-0.1, -0.05) is 12.1 Å². The predicted molar refractivity (Wildman–Crippen MR) is 94.9 cm³/mol. The van der Waals surface area contributed by atoms with Crippen molar-refractivity contribution in [2.75, 3.05) is 10.6 Å². The van der Waals surface area contributed by atoms with E-state index in [9.17, 15) is 27.6 Å². The Kier molecular flexibility index (Phi) is 6.75. The summed E-state index contributed by atoms with van der Waals surface area (Å²) in [6, 6.07) is 7.94. The first-order valence-electron chi connectivity index (χ1n) is 8.17. The van der Waals surface area contributed by atoms with Gasteiger partial charge in [0.15, 0.2) is 23.6 Å². The zero-order valence-corrected chi connectivity index (χ0v) is 15.0. The van der Waals surface area contributed by atoms with Crippen LogP contribution in [-0.2, 0) is 25.5 Å². The highest BCUT2D eigenvalue weighted by Crippen LogP contribution is 2.20. The summed E-state index contributed by atoms with van der Waals surface area (Å²) in [6.07, 6.45) is -1.43. The fourth-order valence-corrected chi connectivity index (χ4v) is 2.23. The first kappa shape index (κ1) is 20.9. The molecule has 2 aromatic carbocycles. The number of carbonyl (C=O) groups is 3. The van der Waals surface area contributed by atoms with Gasteiger partial charge >= 0.3 is 5.97 Å². The third-order valence-corrected chi connectivity index (χ3v) is 3.59. The van der Waals surface area contributed by atoms with Gasteiger partial charge in [0.05, 0.1) is 12.1 Å². The van der Waals surface area contributed by atoms with E-state index in [1.807, 2.05) is 5.32 Å². The van der Waals surface area contributed by atoms with Crippen LogP contribution in [0, 0.1) is 17.5 Å². The maximum Gasteiger partial charge on any atom is 0.311 e. The summed E-state index contributed by atoms with van der Waals surface area (Å²) >= 11 is 0. The molecule has 9 heteroatoms. The van der Waals surface area contributed by atoms with Crippen molar-refractivity contribution in [3.8, 4) is 0 Å². The second-order valence-electron chi connectivity index (χ2n) is 5.90. The molecule has 2 rings (SSSR count). The molecule has 0 saturated carbocycles. The van der Waals surface area contributed by atoms with Crippen molar-refractivity contribution >= 4 is 29.2 Å². The number of hydrogen-bond acceptors (Lipinski definition) is 4. The van der Waals surface area contributed by atoms with E-state index in [1.165, 1.54) is 13.8 Å². The zero-order chi connectivity index (χ0) is 20.8. The number of hydrogen-bond donors (Lipinski definition) is 2. The van der Waals surface area contributed by atoms with Gasteiger partial charge in [-0.05, 0) is 36.8 Å². The molecule has 0 fully saturated rings. The van der Waals surface area contributed by atoms with Crippen molar-refractivity contribution in [3.05, 3.63) is 59.4 Å². The first-order chi connectivity index (χ1) is 13.2. The molecular formula is C19H17F3N2O4. The highest BCUT2D eigenvalue weighted by molar-refractivity contribution is 5.95. The minimum Gasteiger partial charge on any atom is -0.452 e. The van der Waals surface area contributed by atoms with Crippen LogP contribution in [0.15, 0.2) is 36.4 Å². The molecule has 0 heterocycles. The molecule has 0 unspecified atom stereocenters. The summed E-state index contributed by atoms with van der Waals surface area (Å²) in [5.41, 5.74) is 0.574. The van der Waals surface area contributed by atoms with Gasteiger partial charge in [-0.15, -0.1) is 0 Å². The van der Waals surface area contributed by atoms with Crippen LogP contribution in [0.2, 0.25) is 0 Å². The third-order valence-electron chi connectivity index (χ3n) is 3.59. The SMILES string of the molecule is CC(=O)Nc1ccc(CC(=O)O[C@@H](C)C(=O)Nc2ccc(F)c(F)c2F)cc1. The lowest BCUT2D eigenvalue weighted by Gasteiger charge is -2.14. The van der Waals surface area contributed by atoms with Gasteiger partial charge in [0.25, 0.3) is 5.91 Å². The Morgan fingerprint density at radius 1 is 0.964 bits per heavy atom. The van der Waals surface area contributed by atoms with Gasteiger partial charge in [-0.2, -0.15) is 0 Å². The number of amides is 2. The van der Waals surface area contributed by atoms with E-state index in [1.54, 1.807) is 24.3 Å². The number of halogens is 3. The lowest BCUT2D eigenvalue weighted by atomic mass is 10.1. The van der Waals surface area contributed by atoms with Gasteiger partial charge in [0, 0.05) is 12.6 Å². The normalized spacial score (nSPS) is 11.5. The molecule has 1 atom stereocenters. The van der Waals surface area contributed by atoms with Crippen LogP contribution in [-0.4, -0.2) is 23.9 Å². The van der Waals surface area contributed by atoms with Crippen molar-refractivity contribution in [3.63, 3.8) is 0 Å². The molecule has 0 spiro atoms. The number of ether oxygens (including phenoxy) is 1. The fraction of sp³-hybridized carbons (Fsp3) is 0.211. The molecule has 2 N–H and O–H groups in total. The molecule has 0 bridgehead atoms. The molecule has 0 aliphatic carbocycles. The third kappa shape index (κ3) is 5.57. The van der Waals surface area contributed by atoms with Crippen LogP contribution in [0.5, 0.6) is 0 Å². The maximum absolute atomic E-state index is 13.6. The minimum absolute atomic E-state index is 0.141. The highest BCUT2D eigenvalue weighted by Gasteiger charge is 2.21. The number of nitrogens with one attached hydrogen (secondary N) is 2. The Labute approximate surface area is 158 Å². The molecule has 0 aromatic heterocycles. The van der Waals surface area contributed by atoms with E-state index < -0.39 is 41.1 Å². The second-order valence-corrected chi connectivity index (χ2v) is 5.90. The van der Waals surface area contributed by atoms with Crippen molar-refractivity contribution in [1.82, 2.24) is 0 Å². The molecule has 28 heavy (non-hydrogen) atoms. The fourth-order valence-electron chi connectivity index (χ4n) is 2.23. The number of anilines is 2. The monoisotopic (exact) mass is 394 g/mol. The summed E-state index contributed by atoms with van der Waals surface area (Å²) in [7, 11) is 0. The molecule has 0 radical (unpaired) electrons. The molecule has 6 nitrogen and oxygen atoms in total. The number of carbonyl (C=O) groups excluding carboxylic acids is 3. The van der Waals surface area contributed by atoms with E-state index in [4.69, 9.17) is 4.74 Å². The van der Waals surface area contributed by atoms with Crippen molar-refractivity contribution in [2.45, 2.75) is 26.4 Å². The standard InChI is InChI=1S/C19H17F3N2O4/c1-10(19(27)24-15-8-7-14(20)17(21)18(15)22)28-16(26)9-12-3-5-13(6-4-12)23-11(2)25/h3-8,10H,9H2,1-2H3,(H,23,25)(H,24,27)/t10-/m0/s1. The van der Waals surface area contributed by atoms with E-state index in [0.717, 1.165) is 6.07 Å². The Hall–Kier alpha value is -3.36. The molecule has 0 saturated heterocycles. The van der Waals surface area contributed by atoms with E-state index in [2.05, 4.69) is 5.32 Å². The lowest BCUT2D eigenvalue weighted by Crippen LogP contribution is -2.31. The Morgan fingerprint density at radius 3 is 2.21 bits per heavy atom. The van der Waals surface area contributed by atoms with Crippen molar-refractivity contribution in [1.29, 1.82) is 0 Å². The molecule has 148 valence electrons. The smallest absolute Gasteiger partial charge is 0.311 e. The van der Waals surface area contributed by atoms with Crippen LogP contribution < -0.4 is 10.6 Å². The molecular weight excluding hydrogens is 377 g/mol. The highest BCUT2D eigenvalue weighted by atomic mass is 19.2. The molecule has 0 aliphatic heterocycles. The quantitative estimate of drug-likeness (QED) is 0.582. The number of rotatable bonds is 6. The summed E-state index contributed by atoms with van der Waals surface area (Å²) in [6.45, 7) is 2.62. The van der Waals surface area contributed by atoms with E-state index in [0.29, 0.717) is 17.3 Å².